The molecule has 1 aliphatic carbocycles. The zero-order valence-electron chi connectivity index (χ0n) is 11.2. The Balaban J connectivity index is 2.93. The van der Waals surface area contributed by atoms with Gasteiger partial charge in [-0.15, -0.1) is 0 Å². The van der Waals surface area contributed by atoms with Gasteiger partial charge in [-0.3, -0.25) is 4.79 Å². The number of allylic oxidation sites excluding steroid dienone is 4. The maximum atomic E-state index is 11.7. The van der Waals surface area contributed by atoms with E-state index in [1.54, 1.807) is 13.0 Å². The first-order valence-electron chi connectivity index (χ1n) is 5.68. The second-order valence-corrected chi connectivity index (χ2v) is 4.29. The molecule has 1 aliphatic rings. The summed E-state index contributed by atoms with van der Waals surface area (Å²) in [6.07, 6.45) is 2.97. The number of carbonyl (C=O) groups is 3. The highest BCUT2D eigenvalue weighted by molar-refractivity contribution is 6.30. The summed E-state index contributed by atoms with van der Waals surface area (Å²) in [7, 11) is 1.07. The second-order valence-electron chi connectivity index (χ2n) is 4.29. The molecule has 0 unspecified atom stereocenters. The number of esters is 1. The molecule has 102 valence electrons. The van der Waals surface area contributed by atoms with Gasteiger partial charge in [-0.25, -0.2) is 9.59 Å². The van der Waals surface area contributed by atoms with Gasteiger partial charge in [0.25, 0.3) is 0 Å². The summed E-state index contributed by atoms with van der Waals surface area (Å²) in [4.78, 5) is 38.1. The average Bonchev–Trinajstić information content (AvgIpc) is 2.35. The number of methoxy groups -OCH3 is 1. The molecule has 6 heteroatoms. The molecule has 0 aromatic carbocycles. The van der Waals surface area contributed by atoms with E-state index in [0.29, 0.717) is 16.9 Å². The summed E-state index contributed by atoms with van der Waals surface area (Å²) in [5.74, 6) is -2.41. The van der Waals surface area contributed by atoms with Crippen molar-refractivity contribution in [2.45, 2.75) is 20.8 Å². The third-order valence-electron chi connectivity index (χ3n) is 2.53. The third kappa shape index (κ3) is 3.61. The van der Waals surface area contributed by atoms with Crippen LogP contribution in [0.25, 0.3) is 0 Å². The van der Waals surface area contributed by atoms with E-state index >= 15 is 0 Å². The summed E-state index contributed by atoms with van der Waals surface area (Å²) in [5, 5.41) is 3.57. The first-order chi connectivity index (χ1) is 8.86. The Labute approximate surface area is 110 Å². The third-order valence-corrected chi connectivity index (χ3v) is 2.53. The first-order valence-corrected chi connectivity index (χ1v) is 5.68. The van der Waals surface area contributed by atoms with E-state index in [2.05, 4.69) is 14.7 Å². The molecule has 0 radical (unpaired) electrons. The van der Waals surface area contributed by atoms with Crippen LogP contribution in [-0.2, 0) is 24.0 Å². The molecule has 0 amide bonds. The van der Waals surface area contributed by atoms with Crippen LogP contribution in [0.2, 0.25) is 0 Å². The molecule has 0 bridgehead atoms. The molecule has 0 aromatic rings. The van der Waals surface area contributed by atoms with E-state index in [9.17, 15) is 14.4 Å². The van der Waals surface area contributed by atoms with Crippen molar-refractivity contribution in [1.82, 2.24) is 0 Å². The fourth-order valence-electron chi connectivity index (χ4n) is 1.45. The van der Waals surface area contributed by atoms with E-state index in [1.165, 1.54) is 6.08 Å². The number of oxime groups is 1. The lowest BCUT2D eigenvalue weighted by Crippen LogP contribution is -2.19. The molecule has 1 rings (SSSR count). The number of ether oxygens (including phenoxy) is 1. The van der Waals surface area contributed by atoms with Gasteiger partial charge in [0, 0.05) is 5.57 Å². The van der Waals surface area contributed by atoms with Gasteiger partial charge >= 0.3 is 11.9 Å². The lowest BCUT2D eigenvalue weighted by Gasteiger charge is -2.14. The number of rotatable bonds is 2. The van der Waals surface area contributed by atoms with Crippen LogP contribution in [0.4, 0.5) is 0 Å². The van der Waals surface area contributed by atoms with E-state index in [-0.39, 0.29) is 11.7 Å². The van der Waals surface area contributed by atoms with Gasteiger partial charge in [0.05, 0.1) is 7.11 Å². The van der Waals surface area contributed by atoms with Gasteiger partial charge < -0.3 is 9.57 Å². The molecule has 0 fully saturated rings. The minimum atomic E-state index is -1.21. The van der Waals surface area contributed by atoms with Crippen molar-refractivity contribution < 1.29 is 24.0 Å². The Bertz CT molecular complexity index is 511. The zero-order chi connectivity index (χ0) is 14.6. The maximum absolute atomic E-state index is 11.7. The van der Waals surface area contributed by atoms with Gasteiger partial charge in [-0.2, -0.15) is 0 Å². The van der Waals surface area contributed by atoms with Crippen molar-refractivity contribution in [1.29, 1.82) is 0 Å². The lowest BCUT2D eigenvalue weighted by atomic mass is 9.90. The van der Waals surface area contributed by atoms with E-state index in [4.69, 9.17) is 0 Å². The Morgan fingerprint density at radius 2 is 1.84 bits per heavy atom. The second kappa shape index (κ2) is 6.08. The average molecular weight is 265 g/mol. The molecule has 0 spiro atoms. The van der Waals surface area contributed by atoms with Crippen LogP contribution in [-0.4, -0.2) is 30.5 Å². The summed E-state index contributed by atoms with van der Waals surface area (Å²) in [5.41, 5.74) is 1.46. The smallest absolute Gasteiger partial charge is 0.443 e. The SMILES string of the molecule is COC(=O)C(=O)O/N=C1\C=C(C(C)C)C(=O)C=C1C. The van der Waals surface area contributed by atoms with Crippen LogP contribution in [0, 0.1) is 5.92 Å². The number of hydrogen-bond acceptors (Lipinski definition) is 6. The zero-order valence-corrected chi connectivity index (χ0v) is 11.2. The van der Waals surface area contributed by atoms with Crippen LogP contribution in [0.5, 0.6) is 0 Å². The highest BCUT2D eigenvalue weighted by Gasteiger charge is 2.21. The molecule has 0 saturated heterocycles. The molecular formula is C13H15NO5. The molecular weight excluding hydrogens is 250 g/mol. The van der Waals surface area contributed by atoms with Crippen LogP contribution in [0.3, 0.4) is 0 Å². The van der Waals surface area contributed by atoms with Crippen molar-refractivity contribution in [2.75, 3.05) is 7.11 Å². The van der Waals surface area contributed by atoms with Crippen LogP contribution in [0.1, 0.15) is 20.8 Å². The van der Waals surface area contributed by atoms with Crippen molar-refractivity contribution >= 4 is 23.4 Å². The summed E-state index contributed by atoms with van der Waals surface area (Å²) < 4.78 is 4.19. The Morgan fingerprint density at radius 1 is 1.21 bits per heavy atom. The predicted octanol–water partition coefficient (Wildman–Crippen LogP) is 1.17. The lowest BCUT2D eigenvalue weighted by molar-refractivity contribution is -0.165. The number of nitrogens with zero attached hydrogens (tertiary/aromatic N) is 1. The summed E-state index contributed by atoms with van der Waals surface area (Å²) >= 11 is 0. The molecule has 19 heavy (non-hydrogen) atoms. The van der Waals surface area contributed by atoms with Gasteiger partial charge in [0.1, 0.15) is 5.71 Å². The predicted molar refractivity (Wildman–Crippen MR) is 67.2 cm³/mol. The quantitative estimate of drug-likeness (QED) is 0.246. The van der Waals surface area contributed by atoms with Crippen molar-refractivity contribution in [3.8, 4) is 0 Å². The molecule has 0 aromatic heterocycles. The first kappa shape index (κ1) is 14.8. The molecule has 0 heterocycles. The molecule has 0 aliphatic heterocycles. The van der Waals surface area contributed by atoms with E-state index < -0.39 is 11.9 Å². The van der Waals surface area contributed by atoms with Crippen LogP contribution < -0.4 is 0 Å². The minimum absolute atomic E-state index is 0.0263. The van der Waals surface area contributed by atoms with E-state index in [0.717, 1.165) is 7.11 Å². The van der Waals surface area contributed by atoms with E-state index in [1.807, 2.05) is 13.8 Å². The van der Waals surface area contributed by atoms with Gasteiger partial charge in [-0.05, 0) is 30.6 Å². The van der Waals surface area contributed by atoms with Gasteiger partial charge in [0.2, 0.25) is 0 Å². The molecule has 6 nitrogen and oxygen atoms in total. The highest BCUT2D eigenvalue weighted by Crippen LogP contribution is 2.19. The molecule has 0 saturated carbocycles. The molecule has 0 N–H and O–H groups in total. The van der Waals surface area contributed by atoms with Gasteiger partial charge in [-0.1, -0.05) is 19.0 Å². The van der Waals surface area contributed by atoms with Crippen molar-refractivity contribution in [3.05, 3.63) is 23.3 Å². The highest BCUT2D eigenvalue weighted by atomic mass is 16.7. The number of hydrogen-bond donors (Lipinski definition) is 0. The Hall–Kier alpha value is -2.24. The standard InChI is InChI=1S/C13H15NO5/c1-7(2)9-6-10(8(3)5-11(9)15)14-19-13(17)12(16)18-4/h5-7H,1-4H3/b14-10+. The monoisotopic (exact) mass is 265 g/mol. The normalized spacial score (nSPS) is 17.1. The topological polar surface area (TPSA) is 82.0 Å². The fourth-order valence-corrected chi connectivity index (χ4v) is 1.45. The minimum Gasteiger partial charge on any atom is -0.461 e. The fraction of sp³-hybridized carbons (Fsp3) is 0.385. The number of carbonyl (C=O) groups excluding carboxylic acids is 3. The van der Waals surface area contributed by atoms with Crippen LogP contribution in [0.15, 0.2) is 28.5 Å². The summed E-state index contributed by atoms with van der Waals surface area (Å²) in [6.45, 7) is 5.41. The van der Waals surface area contributed by atoms with Crippen LogP contribution >= 0.6 is 0 Å². The largest absolute Gasteiger partial charge is 0.461 e. The van der Waals surface area contributed by atoms with Crippen molar-refractivity contribution in [2.24, 2.45) is 11.1 Å². The summed E-state index contributed by atoms with van der Waals surface area (Å²) in [6, 6.07) is 0. The maximum Gasteiger partial charge on any atom is 0.443 e. The number of ketones is 1. The molecule has 0 atom stereocenters. The van der Waals surface area contributed by atoms with Gasteiger partial charge in [0.15, 0.2) is 5.78 Å². The Kier molecular flexibility index (Phi) is 4.74. The van der Waals surface area contributed by atoms with Crippen molar-refractivity contribution in [3.63, 3.8) is 0 Å². The Morgan fingerprint density at radius 3 is 2.37 bits per heavy atom.